The Hall–Kier alpha value is -3.68. The molecule has 0 saturated heterocycles. The molecule has 8 heteroatoms. The fraction of sp³-hybridized carbons (Fsp3) is 0.0952. The standard InChI is InChI=1S/C21H16F3N5/c1-13-12-16(25)29(28-13)19-17(14-8-4-2-5-9-14)18(15-10-6-3-7-11-15)26-20(27-19)21(22,23)24/h2-12H,25H2,1H3. The van der Waals surface area contributed by atoms with E-state index in [1.807, 2.05) is 6.07 Å². The predicted octanol–water partition coefficient (Wildman–Crippen LogP) is 4.91. The molecule has 0 aliphatic rings. The van der Waals surface area contributed by atoms with E-state index < -0.39 is 12.0 Å². The van der Waals surface area contributed by atoms with Crippen LogP contribution in [0.3, 0.4) is 0 Å². The summed E-state index contributed by atoms with van der Waals surface area (Å²) in [6, 6.07) is 19.2. The minimum atomic E-state index is -4.73. The van der Waals surface area contributed by atoms with Gasteiger partial charge >= 0.3 is 6.18 Å². The highest BCUT2D eigenvalue weighted by molar-refractivity contribution is 5.85. The number of anilines is 1. The predicted molar refractivity (Wildman–Crippen MR) is 104 cm³/mol. The molecule has 0 saturated carbocycles. The second-order valence-corrected chi connectivity index (χ2v) is 6.45. The Morgan fingerprint density at radius 1 is 0.862 bits per heavy atom. The van der Waals surface area contributed by atoms with E-state index >= 15 is 0 Å². The molecule has 0 amide bonds. The van der Waals surface area contributed by atoms with Gasteiger partial charge in [-0.25, -0.2) is 9.97 Å². The third-order valence-corrected chi connectivity index (χ3v) is 4.31. The number of nitrogens with two attached hydrogens (primary N) is 1. The van der Waals surface area contributed by atoms with E-state index in [0.717, 1.165) is 0 Å². The fourth-order valence-corrected chi connectivity index (χ4v) is 3.09. The number of alkyl halides is 3. The SMILES string of the molecule is Cc1cc(N)n(-c2nc(C(F)(F)F)nc(-c3ccccc3)c2-c2ccccc2)n1. The van der Waals surface area contributed by atoms with Crippen molar-refractivity contribution in [1.82, 2.24) is 19.7 Å². The molecular weight excluding hydrogens is 379 g/mol. The summed E-state index contributed by atoms with van der Waals surface area (Å²) in [6.45, 7) is 1.71. The van der Waals surface area contributed by atoms with Crippen molar-refractivity contribution in [2.24, 2.45) is 0 Å². The summed E-state index contributed by atoms with van der Waals surface area (Å²) < 4.78 is 42.1. The molecule has 146 valence electrons. The number of hydrogen-bond acceptors (Lipinski definition) is 4. The molecule has 2 N–H and O–H groups in total. The van der Waals surface area contributed by atoms with Gasteiger partial charge in [0, 0.05) is 11.6 Å². The monoisotopic (exact) mass is 395 g/mol. The Labute approximate surface area is 164 Å². The van der Waals surface area contributed by atoms with Crippen LogP contribution in [0.4, 0.5) is 19.0 Å². The lowest BCUT2D eigenvalue weighted by atomic mass is 9.99. The van der Waals surface area contributed by atoms with Gasteiger partial charge < -0.3 is 5.73 Å². The van der Waals surface area contributed by atoms with Crippen molar-refractivity contribution in [2.45, 2.75) is 13.1 Å². The van der Waals surface area contributed by atoms with Crippen molar-refractivity contribution in [3.63, 3.8) is 0 Å². The van der Waals surface area contributed by atoms with Gasteiger partial charge in [-0.15, -0.1) is 0 Å². The third-order valence-electron chi connectivity index (χ3n) is 4.31. The van der Waals surface area contributed by atoms with Crippen LogP contribution in [0.25, 0.3) is 28.2 Å². The van der Waals surface area contributed by atoms with Crippen LogP contribution in [0.5, 0.6) is 0 Å². The number of nitrogen functional groups attached to an aromatic ring is 1. The third kappa shape index (κ3) is 3.56. The van der Waals surface area contributed by atoms with Crippen LogP contribution in [0.1, 0.15) is 11.5 Å². The molecule has 0 unspecified atom stereocenters. The highest BCUT2D eigenvalue weighted by Crippen LogP contribution is 2.38. The number of aromatic nitrogens is 4. The van der Waals surface area contributed by atoms with Crippen LogP contribution in [-0.4, -0.2) is 19.7 Å². The normalized spacial score (nSPS) is 11.6. The second-order valence-electron chi connectivity index (χ2n) is 6.45. The van der Waals surface area contributed by atoms with Crippen molar-refractivity contribution in [3.8, 4) is 28.2 Å². The van der Waals surface area contributed by atoms with Crippen molar-refractivity contribution in [3.05, 3.63) is 78.2 Å². The first-order valence-electron chi connectivity index (χ1n) is 8.77. The summed E-state index contributed by atoms with van der Waals surface area (Å²) in [5, 5.41) is 4.26. The lowest BCUT2D eigenvalue weighted by Crippen LogP contribution is -2.17. The van der Waals surface area contributed by atoms with Crippen molar-refractivity contribution in [1.29, 1.82) is 0 Å². The summed E-state index contributed by atoms with van der Waals surface area (Å²) >= 11 is 0. The maximum Gasteiger partial charge on any atom is 0.451 e. The van der Waals surface area contributed by atoms with Crippen LogP contribution in [0.15, 0.2) is 66.7 Å². The Morgan fingerprint density at radius 3 is 1.97 bits per heavy atom. The van der Waals surface area contributed by atoms with Crippen LogP contribution in [0, 0.1) is 6.92 Å². The molecule has 0 aliphatic heterocycles. The largest absolute Gasteiger partial charge is 0.451 e. The molecule has 0 fully saturated rings. The molecule has 29 heavy (non-hydrogen) atoms. The average molecular weight is 395 g/mol. The Kier molecular flexibility index (Phi) is 4.54. The van der Waals surface area contributed by atoms with Gasteiger partial charge in [0.1, 0.15) is 5.82 Å². The quantitative estimate of drug-likeness (QED) is 0.535. The van der Waals surface area contributed by atoms with Gasteiger partial charge in [-0.05, 0) is 12.5 Å². The summed E-state index contributed by atoms with van der Waals surface area (Å²) in [5.74, 6) is -1.09. The molecule has 0 radical (unpaired) electrons. The molecule has 4 aromatic rings. The van der Waals surface area contributed by atoms with Crippen LogP contribution >= 0.6 is 0 Å². The van der Waals surface area contributed by atoms with Gasteiger partial charge in [-0.2, -0.15) is 23.0 Å². The minimum absolute atomic E-state index is 0.0250. The summed E-state index contributed by atoms with van der Waals surface area (Å²) in [7, 11) is 0. The topological polar surface area (TPSA) is 69.6 Å². The minimum Gasteiger partial charge on any atom is -0.384 e. The molecule has 0 aliphatic carbocycles. The van der Waals surface area contributed by atoms with Gasteiger partial charge in [0.2, 0.25) is 5.82 Å². The number of rotatable bonds is 3. The summed E-state index contributed by atoms with van der Waals surface area (Å²) in [4.78, 5) is 7.73. The lowest BCUT2D eigenvalue weighted by molar-refractivity contribution is -0.144. The Bertz CT molecular complexity index is 1150. The molecule has 0 bridgehead atoms. The number of benzene rings is 2. The molecule has 4 rings (SSSR count). The zero-order valence-electron chi connectivity index (χ0n) is 15.4. The van der Waals surface area contributed by atoms with E-state index in [0.29, 0.717) is 22.4 Å². The van der Waals surface area contributed by atoms with Gasteiger partial charge in [0.05, 0.1) is 17.0 Å². The Morgan fingerprint density at radius 2 is 1.45 bits per heavy atom. The van der Waals surface area contributed by atoms with Gasteiger partial charge in [0.15, 0.2) is 5.82 Å². The van der Waals surface area contributed by atoms with E-state index in [-0.39, 0.29) is 17.3 Å². The van der Waals surface area contributed by atoms with Crippen LogP contribution in [0.2, 0.25) is 0 Å². The van der Waals surface area contributed by atoms with Gasteiger partial charge in [0.25, 0.3) is 0 Å². The zero-order valence-corrected chi connectivity index (χ0v) is 15.4. The van der Waals surface area contributed by atoms with Gasteiger partial charge in [-0.1, -0.05) is 60.7 Å². The Balaban J connectivity index is 2.14. The highest BCUT2D eigenvalue weighted by atomic mass is 19.4. The molecule has 0 atom stereocenters. The number of hydrogen-bond donors (Lipinski definition) is 1. The van der Waals surface area contributed by atoms with E-state index in [1.54, 1.807) is 67.6 Å². The van der Waals surface area contributed by atoms with E-state index in [2.05, 4.69) is 15.1 Å². The van der Waals surface area contributed by atoms with Gasteiger partial charge in [-0.3, -0.25) is 0 Å². The van der Waals surface area contributed by atoms with Crippen LogP contribution < -0.4 is 5.73 Å². The highest BCUT2D eigenvalue weighted by Gasteiger charge is 2.37. The molecule has 5 nitrogen and oxygen atoms in total. The number of aryl methyl sites for hydroxylation is 1. The number of halogens is 3. The smallest absolute Gasteiger partial charge is 0.384 e. The average Bonchev–Trinajstić information content (AvgIpc) is 3.05. The maximum absolute atomic E-state index is 13.6. The second kappa shape index (κ2) is 7.05. The zero-order chi connectivity index (χ0) is 20.6. The number of nitrogens with zero attached hydrogens (tertiary/aromatic N) is 4. The van der Waals surface area contributed by atoms with Crippen molar-refractivity contribution in [2.75, 3.05) is 5.73 Å². The van der Waals surface area contributed by atoms with E-state index in [1.165, 1.54) is 4.68 Å². The first-order chi connectivity index (χ1) is 13.8. The molecular formula is C21H16F3N5. The van der Waals surface area contributed by atoms with Crippen molar-refractivity contribution >= 4 is 5.82 Å². The molecule has 2 aromatic heterocycles. The van der Waals surface area contributed by atoms with E-state index in [9.17, 15) is 13.2 Å². The summed E-state index contributed by atoms with van der Waals surface area (Å²) in [6.07, 6.45) is -4.73. The molecule has 0 spiro atoms. The molecule has 2 heterocycles. The molecule has 2 aromatic carbocycles. The fourth-order valence-electron chi connectivity index (χ4n) is 3.09. The maximum atomic E-state index is 13.6. The first-order valence-corrected chi connectivity index (χ1v) is 8.77. The van der Waals surface area contributed by atoms with E-state index in [4.69, 9.17) is 5.73 Å². The lowest BCUT2D eigenvalue weighted by Gasteiger charge is -2.17. The van der Waals surface area contributed by atoms with Crippen molar-refractivity contribution < 1.29 is 13.2 Å². The van der Waals surface area contributed by atoms with Crippen LogP contribution in [-0.2, 0) is 6.18 Å². The first kappa shape index (κ1) is 18.7. The summed E-state index contributed by atoms with van der Waals surface area (Å²) in [5.41, 5.74) is 8.35.